The van der Waals surface area contributed by atoms with Crippen LogP contribution in [0.15, 0.2) is 47.1 Å². The number of amides is 1. The van der Waals surface area contributed by atoms with E-state index in [1.165, 1.54) is 0 Å². The highest BCUT2D eigenvalue weighted by molar-refractivity contribution is 9.10. The molecule has 3 aromatic rings. The fraction of sp³-hybridized carbons (Fsp3) is 0.238. The van der Waals surface area contributed by atoms with E-state index in [0.29, 0.717) is 30.0 Å². The molecule has 0 saturated carbocycles. The highest BCUT2D eigenvalue weighted by atomic mass is 79.9. The van der Waals surface area contributed by atoms with Gasteiger partial charge in [0.2, 0.25) is 5.91 Å². The summed E-state index contributed by atoms with van der Waals surface area (Å²) in [6.45, 7) is 0.601. The van der Waals surface area contributed by atoms with Gasteiger partial charge in [0.05, 0.1) is 11.5 Å². The summed E-state index contributed by atoms with van der Waals surface area (Å²) < 4.78 is 0.928. The van der Waals surface area contributed by atoms with E-state index in [4.69, 9.17) is 11.6 Å². The highest BCUT2D eigenvalue weighted by Gasteiger charge is 2.50. The topological polar surface area (TPSA) is 74.0 Å². The highest BCUT2D eigenvalue weighted by Crippen LogP contribution is 2.46. The Morgan fingerprint density at radius 2 is 2.07 bits per heavy atom. The van der Waals surface area contributed by atoms with Gasteiger partial charge < -0.3 is 15.6 Å². The number of halogens is 2. The number of Topliss-reactive ketones (excluding diaryl/α,β-unsaturated/α-hetero) is 1. The molecule has 2 atom stereocenters. The molecule has 1 aromatic heterocycles. The second kappa shape index (κ2) is 6.44. The molecule has 0 radical (unpaired) electrons. The number of ketones is 1. The smallest absolute Gasteiger partial charge is 0.235 e. The fourth-order valence-electron chi connectivity index (χ4n) is 4.49. The molecule has 5 nitrogen and oxygen atoms in total. The van der Waals surface area contributed by atoms with Crippen LogP contribution in [0, 0.1) is 0 Å². The summed E-state index contributed by atoms with van der Waals surface area (Å²) in [7, 11) is 0. The number of aromatic nitrogens is 1. The monoisotopic (exact) mass is 457 g/mol. The molecule has 0 bridgehead atoms. The largest absolute Gasteiger partial charge is 0.360 e. The van der Waals surface area contributed by atoms with Crippen molar-refractivity contribution in [3.05, 3.63) is 63.2 Å². The number of benzene rings is 2. The molecule has 5 rings (SSSR count). The van der Waals surface area contributed by atoms with Crippen molar-refractivity contribution in [3.63, 3.8) is 0 Å². The molecule has 28 heavy (non-hydrogen) atoms. The van der Waals surface area contributed by atoms with E-state index in [2.05, 4.69) is 31.5 Å². The zero-order chi connectivity index (χ0) is 19.5. The van der Waals surface area contributed by atoms with Crippen LogP contribution in [0.25, 0.3) is 10.9 Å². The van der Waals surface area contributed by atoms with Crippen molar-refractivity contribution < 1.29 is 9.59 Å². The van der Waals surface area contributed by atoms with Crippen molar-refractivity contribution >= 4 is 55.8 Å². The molecule has 1 unspecified atom stereocenters. The minimum Gasteiger partial charge on any atom is -0.360 e. The molecule has 1 saturated heterocycles. The van der Waals surface area contributed by atoms with Crippen LogP contribution in [0.3, 0.4) is 0 Å². The maximum Gasteiger partial charge on any atom is 0.235 e. The third kappa shape index (κ3) is 2.63. The molecule has 1 spiro atoms. The number of hydrogen-bond donors (Lipinski definition) is 3. The van der Waals surface area contributed by atoms with Crippen molar-refractivity contribution in [1.29, 1.82) is 0 Å². The molecule has 0 aliphatic carbocycles. The summed E-state index contributed by atoms with van der Waals surface area (Å²) >= 11 is 9.56. The van der Waals surface area contributed by atoms with Crippen LogP contribution in [0.2, 0.25) is 5.02 Å². The Balaban J connectivity index is 1.52. The maximum absolute atomic E-state index is 13.3. The van der Waals surface area contributed by atoms with Crippen molar-refractivity contribution in [2.45, 2.75) is 24.3 Å². The number of piperidine rings is 1. The molecule has 142 valence electrons. The molecule has 2 aromatic carbocycles. The first-order chi connectivity index (χ1) is 13.5. The van der Waals surface area contributed by atoms with Crippen LogP contribution in [-0.2, 0) is 10.2 Å². The van der Waals surface area contributed by atoms with Gasteiger partial charge in [-0.25, -0.2) is 0 Å². The lowest BCUT2D eigenvalue weighted by atomic mass is 9.70. The van der Waals surface area contributed by atoms with Crippen LogP contribution in [0.1, 0.15) is 28.8 Å². The number of H-pyrrole nitrogens is 1. The molecule has 2 aliphatic heterocycles. The van der Waals surface area contributed by atoms with E-state index in [1.54, 1.807) is 12.3 Å². The van der Waals surface area contributed by atoms with Crippen molar-refractivity contribution in [2.75, 3.05) is 11.9 Å². The summed E-state index contributed by atoms with van der Waals surface area (Å²) in [6, 6.07) is 10.8. The average molecular weight is 459 g/mol. The van der Waals surface area contributed by atoms with Gasteiger partial charge in [-0.1, -0.05) is 33.6 Å². The molecule has 1 fully saturated rings. The Labute approximate surface area is 175 Å². The number of carbonyl (C=O) groups excluding carboxylic acids is 2. The number of anilines is 1. The van der Waals surface area contributed by atoms with Gasteiger partial charge in [0.15, 0.2) is 5.78 Å². The van der Waals surface area contributed by atoms with Gasteiger partial charge in [-0.3, -0.25) is 9.59 Å². The number of nitrogens with one attached hydrogen (secondary N) is 3. The van der Waals surface area contributed by atoms with Crippen LogP contribution in [0.4, 0.5) is 5.69 Å². The Hall–Kier alpha value is -2.15. The first-order valence-electron chi connectivity index (χ1n) is 9.14. The Morgan fingerprint density at radius 3 is 2.93 bits per heavy atom. The van der Waals surface area contributed by atoms with E-state index in [0.717, 1.165) is 26.6 Å². The number of rotatable bonds is 2. The average Bonchev–Trinajstić information content (AvgIpc) is 3.21. The first kappa shape index (κ1) is 17.9. The lowest BCUT2D eigenvalue weighted by Gasteiger charge is -2.36. The van der Waals surface area contributed by atoms with E-state index in [9.17, 15) is 9.59 Å². The molecular weight excluding hydrogens is 442 g/mol. The molecule has 1 amide bonds. The molecular formula is C21H17BrClN3O2. The number of fused-ring (bicyclic) bond motifs is 3. The zero-order valence-corrected chi connectivity index (χ0v) is 17.2. The van der Waals surface area contributed by atoms with Gasteiger partial charge >= 0.3 is 0 Å². The second-order valence-electron chi connectivity index (χ2n) is 7.44. The van der Waals surface area contributed by atoms with E-state index in [-0.39, 0.29) is 11.7 Å². The summed E-state index contributed by atoms with van der Waals surface area (Å²) in [5, 5.41) is 7.78. The predicted molar refractivity (Wildman–Crippen MR) is 113 cm³/mol. The van der Waals surface area contributed by atoms with Crippen LogP contribution < -0.4 is 10.6 Å². The summed E-state index contributed by atoms with van der Waals surface area (Å²) in [5.41, 5.74) is 2.57. The first-order valence-corrected chi connectivity index (χ1v) is 10.3. The Morgan fingerprint density at radius 1 is 1.21 bits per heavy atom. The van der Waals surface area contributed by atoms with Gasteiger partial charge in [-0.05, 0) is 55.3 Å². The third-order valence-electron chi connectivity index (χ3n) is 5.90. The van der Waals surface area contributed by atoms with Gasteiger partial charge in [0.1, 0.15) is 0 Å². The number of hydrogen-bond acceptors (Lipinski definition) is 3. The molecule has 7 heteroatoms. The Kier molecular flexibility index (Phi) is 4.12. The summed E-state index contributed by atoms with van der Waals surface area (Å²) in [6.07, 6.45) is 2.82. The van der Waals surface area contributed by atoms with Gasteiger partial charge in [0.25, 0.3) is 0 Å². The van der Waals surface area contributed by atoms with Gasteiger partial charge in [0, 0.05) is 37.8 Å². The van der Waals surface area contributed by atoms with Crippen LogP contribution in [-0.4, -0.2) is 29.3 Å². The van der Waals surface area contributed by atoms with Crippen LogP contribution in [0.5, 0.6) is 0 Å². The molecule has 3 heterocycles. The SMILES string of the molecule is O=C(c1c[nH]c2cc(Cl)ccc12)[C@H]1CC2(CCN1)C(=O)Nc1ccc(Br)cc12. The normalized spacial score (nSPS) is 23.8. The minimum atomic E-state index is -0.680. The quantitative estimate of drug-likeness (QED) is 0.498. The van der Waals surface area contributed by atoms with Crippen molar-refractivity contribution in [2.24, 2.45) is 0 Å². The number of aromatic amines is 1. The van der Waals surface area contributed by atoms with E-state index < -0.39 is 11.5 Å². The van der Waals surface area contributed by atoms with Gasteiger partial charge in [-0.2, -0.15) is 0 Å². The lowest BCUT2D eigenvalue weighted by Crippen LogP contribution is -2.52. The van der Waals surface area contributed by atoms with Crippen LogP contribution >= 0.6 is 27.5 Å². The van der Waals surface area contributed by atoms with Crippen molar-refractivity contribution in [1.82, 2.24) is 10.3 Å². The fourth-order valence-corrected chi connectivity index (χ4v) is 5.03. The summed E-state index contributed by atoms with van der Waals surface area (Å²) in [5.74, 6) is -0.0329. The second-order valence-corrected chi connectivity index (χ2v) is 8.80. The maximum atomic E-state index is 13.3. The van der Waals surface area contributed by atoms with E-state index >= 15 is 0 Å². The van der Waals surface area contributed by atoms with E-state index in [1.807, 2.05) is 30.3 Å². The lowest BCUT2D eigenvalue weighted by molar-refractivity contribution is -0.121. The number of carbonyl (C=O) groups is 2. The molecule has 3 N–H and O–H groups in total. The zero-order valence-electron chi connectivity index (χ0n) is 14.8. The summed E-state index contributed by atoms with van der Waals surface area (Å²) in [4.78, 5) is 29.4. The minimum absolute atomic E-state index is 0.0103. The standard InChI is InChI=1S/C21H17BrClN3O2/c22-11-1-4-16-15(7-11)21(20(28)26-16)5-6-24-18(9-21)19(27)14-10-25-17-8-12(23)2-3-13(14)17/h1-4,7-8,10,18,24-25H,5-6,9H2,(H,26,28)/t18-,21?/m1/s1. The predicted octanol–water partition coefficient (Wildman–Crippen LogP) is 4.41. The third-order valence-corrected chi connectivity index (χ3v) is 6.63. The molecule has 2 aliphatic rings. The van der Waals surface area contributed by atoms with Gasteiger partial charge in [-0.15, -0.1) is 0 Å². The van der Waals surface area contributed by atoms with Crippen molar-refractivity contribution in [3.8, 4) is 0 Å². The Bertz CT molecular complexity index is 1140.